The molecule has 124 valence electrons. The standard InChI is InChI=1S/C18H14N4O2S/c1-23-12-9-7-11(8-10-12)16-19-14-6-4-3-5-13(14)15-17(24-16)20-18(25-2)22-21-15/h3-10H,1-2H3. The second-order valence-corrected chi connectivity index (χ2v) is 5.99. The number of rotatable bonds is 3. The maximum Gasteiger partial charge on any atom is 0.252 e. The lowest BCUT2D eigenvalue weighted by atomic mass is 10.1. The quantitative estimate of drug-likeness (QED) is 0.670. The number of ether oxygens (including phenoxy) is 2. The van der Waals surface area contributed by atoms with Gasteiger partial charge in [-0.1, -0.05) is 30.0 Å². The van der Waals surface area contributed by atoms with Crippen LogP contribution in [0.25, 0.3) is 11.3 Å². The summed E-state index contributed by atoms with van der Waals surface area (Å²) < 4.78 is 11.2. The van der Waals surface area contributed by atoms with Gasteiger partial charge in [-0.05, 0) is 36.6 Å². The molecule has 2 heterocycles. The van der Waals surface area contributed by atoms with E-state index in [1.54, 1.807) is 7.11 Å². The number of para-hydroxylation sites is 1. The molecule has 0 unspecified atom stereocenters. The molecule has 1 aromatic heterocycles. The van der Waals surface area contributed by atoms with Gasteiger partial charge in [0.25, 0.3) is 5.88 Å². The van der Waals surface area contributed by atoms with Crippen LogP contribution in [-0.2, 0) is 0 Å². The summed E-state index contributed by atoms with van der Waals surface area (Å²) in [4.78, 5) is 9.14. The van der Waals surface area contributed by atoms with E-state index < -0.39 is 0 Å². The number of hydrogen-bond donors (Lipinski definition) is 0. The molecule has 25 heavy (non-hydrogen) atoms. The minimum Gasteiger partial charge on any atom is -0.497 e. The number of aliphatic imine (C=N–C) groups is 1. The molecule has 0 fully saturated rings. The first-order valence-corrected chi connectivity index (χ1v) is 8.80. The van der Waals surface area contributed by atoms with Crippen molar-refractivity contribution < 1.29 is 9.47 Å². The van der Waals surface area contributed by atoms with Crippen molar-refractivity contribution in [3.63, 3.8) is 0 Å². The summed E-state index contributed by atoms with van der Waals surface area (Å²) in [5.41, 5.74) is 3.02. The molecule has 2 aromatic carbocycles. The van der Waals surface area contributed by atoms with Crippen LogP contribution in [-0.4, -0.2) is 34.4 Å². The minimum absolute atomic E-state index is 0.402. The molecule has 0 aliphatic carbocycles. The Morgan fingerprint density at radius 2 is 1.80 bits per heavy atom. The fourth-order valence-electron chi connectivity index (χ4n) is 2.48. The molecule has 0 N–H and O–H groups in total. The van der Waals surface area contributed by atoms with E-state index in [0.29, 0.717) is 22.6 Å². The van der Waals surface area contributed by atoms with Gasteiger partial charge in [-0.2, -0.15) is 4.98 Å². The third kappa shape index (κ3) is 2.94. The summed E-state index contributed by atoms with van der Waals surface area (Å²) in [5.74, 6) is 1.63. The average molecular weight is 350 g/mol. The van der Waals surface area contributed by atoms with Crippen LogP contribution in [0.4, 0.5) is 5.69 Å². The fraction of sp³-hybridized carbons (Fsp3) is 0.111. The van der Waals surface area contributed by atoms with Gasteiger partial charge in [0.2, 0.25) is 11.1 Å². The fourth-order valence-corrected chi connectivity index (χ4v) is 2.77. The summed E-state index contributed by atoms with van der Waals surface area (Å²) in [6, 6.07) is 15.2. The molecule has 0 saturated heterocycles. The molecule has 1 aliphatic heterocycles. The third-order valence-electron chi connectivity index (χ3n) is 3.73. The number of fused-ring (bicyclic) bond motifs is 3. The van der Waals surface area contributed by atoms with Crippen molar-refractivity contribution in [1.82, 2.24) is 15.2 Å². The lowest BCUT2D eigenvalue weighted by Gasteiger charge is -2.08. The first-order valence-electron chi connectivity index (χ1n) is 7.57. The van der Waals surface area contributed by atoms with Crippen molar-refractivity contribution in [2.24, 2.45) is 4.99 Å². The highest BCUT2D eigenvalue weighted by Gasteiger charge is 2.22. The molecule has 0 amide bonds. The topological polar surface area (TPSA) is 69.5 Å². The summed E-state index contributed by atoms with van der Waals surface area (Å²) in [6.45, 7) is 0. The molecular weight excluding hydrogens is 336 g/mol. The molecule has 6 nitrogen and oxygen atoms in total. The van der Waals surface area contributed by atoms with Gasteiger partial charge in [0.05, 0.1) is 12.8 Å². The Morgan fingerprint density at radius 3 is 2.56 bits per heavy atom. The van der Waals surface area contributed by atoms with Crippen LogP contribution in [0, 0.1) is 0 Å². The first-order chi connectivity index (χ1) is 12.3. The highest BCUT2D eigenvalue weighted by molar-refractivity contribution is 7.98. The molecule has 0 spiro atoms. The molecule has 0 radical (unpaired) electrons. The van der Waals surface area contributed by atoms with E-state index in [9.17, 15) is 0 Å². The van der Waals surface area contributed by atoms with Gasteiger partial charge in [-0.3, -0.25) is 0 Å². The summed E-state index contributed by atoms with van der Waals surface area (Å²) >= 11 is 1.41. The predicted octanol–water partition coefficient (Wildman–Crippen LogP) is 3.74. The average Bonchev–Trinajstić information content (AvgIpc) is 2.84. The first kappa shape index (κ1) is 15.6. The van der Waals surface area contributed by atoms with E-state index in [2.05, 4.69) is 20.2 Å². The van der Waals surface area contributed by atoms with Crippen LogP contribution in [0.2, 0.25) is 0 Å². The van der Waals surface area contributed by atoms with Crippen LogP contribution >= 0.6 is 11.8 Å². The molecule has 0 atom stereocenters. The van der Waals surface area contributed by atoms with E-state index in [4.69, 9.17) is 9.47 Å². The number of benzene rings is 2. The monoisotopic (exact) mass is 350 g/mol. The zero-order valence-electron chi connectivity index (χ0n) is 13.6. The van der Waals surface area contributed by atoms with E-state index in [1.165, 1.54) is 11.8 Å². The Labute approximate surface area is 149 Å². The van der Waals surface area contributed by atoms with E-state index >= 15 is 0 Å². The van der Waals surface area contributed by atoms with Crippen molar-refractivity contribution in [3.05, 3.63) is 54.1 Å². The van der Waals surface area contributed by atoms with E-state index in [1.807, 2.05) is 54.8 Å². The lowest BCUT2D eigenvalue weighted by Crippen LogP contribution is -2.11. The van der Waals surface area contributed by atoms with Crippen molar-refractivity contribution in [3.8, 4) is 22.9 Å². The number of hydrogen-bond acceptors (Lipinski definition) is 7. The number of methoxy groups -OCH3 is 1. The number of nitrogens with zero attached hydrogens (tertiary/aromatic N) is 4. The molecule has 0 bridgehead atoms. The second-order valence-electron chi connectivity index (χ2n) is 5.22. The SMILES string of the molecule is COc1ccc(C2=Nc3ccccc3-c3nnc(SC)nc3O2)cc1. The van der Waals surface area contributed by atoms with Crippen LogP contribution in [0.1, 0.15) is 5.56 Å². The van der Waals surface area contributed by atoms with Gasteiger partial charge in [0.15, 0.2) is 5.69 Å². The molecular formula is C18H14N4O2S. The Hall–Kier alpha value is -2.93. The van der Waals surface area contributed by atoms with Gasteiger partial charge in [-0.15, -0.1) is 10.2 Å². The van der Waals surface area contributed by atoms with E-state index in [-0.39, 0.29) is 0 Å². The van der Waals surface area contributed by atoms with Crippen molar-refractivity contribution >= 4 is 23.3 Å². The molecule has 7 heteroatoms. The van der Waals surface area contributed by atoms with Crippen molar-refractivity contribution in [2.45, 2.75) is 5.16 Å². The van der Waals surface area contributed by atoms with E-state index in [0.717, 1.165) is 22.6 Å². The summed E-state index contributed by atoms with van der Waals surface area (Å²) in [7, 11) is 1.63. The van der Waals surface area contributed by atoms with Crippen LogP contribution in [0.3, 0.4) is 0 Å². The van der Waals surface area contributed by atoms with Gasteiger partial charge >= 0.3 is 0 Å². The lowest BCUT2D eigenvalue weighted by molar-refractivity contribution is 0.414. The van der Waals surface area contributed by atoms with Crippen LogP contribution < -0.4 is 9.47 Å². The summed E-state index contributed by atoms with van der Waals surface area (Å²) in [5, 5.41) is 8.97. The minimum atomic E-state index is 0.402. The van der Waals surface area contributed by atoms with Gasteiger partial charge < -0.3 is 9.47 Å². The second kappa shape index (κ2) is 6.52. The molecule has 0 saturated carbocycles. The van der Waals surface area contributed by atoms with Crippen molar-refractivity contribution in [2.75, 3.05) is 13.4 Å². The highest BCUT2D eigenvalue weighted by Crippen LogP contribution is 2.37. The van der Waals surface area contributed by atoms with Gasteiger partial charge in [0, 0.05) is 11.1 Å². The Morgan fingerprint density at radius 1 is 1.00 bits per heavy atom. The largest absolute Gasteiger partial charge is 0.497 e. The smallest absolute Gasteiger partial charge is 0.252 e. The highest BCUT2D eigenvalue weighted by atomic mass is 32.2. The predicted molar refractivity (Wildman–Crippen MR) is 96.9 cm³/mol. The molecule has 4 rings (SSSR count). The third-order valence-corrected chi connectivity index (χ3v) is 4.27. The maximum atomic E-state index is 6.02. The molecule has 3 aromatic rings. The molecule has 1 aliphatic rings. The zero-order valence-corrected chi connectivity index (χ0v) is 14.4. The van der Waals surface area contributed by atoms with Crippen LogP contribution in [0.15, 0.2) is 58.7 Å². The number of aromatic nitrogens is 3. The number of thioether (sulfide) groups is 1. The Bertz CT molecular complexity index is 958. The summed E-state index contributed by atoms with van der Waals surface area (Å²) in [6.07, 6.45) is 1.90. The van der Waals surface area contributed by atoms with Gasteiger partial charge in [0.1, 0.15) is 5.75 Å². The normalized spacial score (nSPS) is 12.3. The van der Waals surface area contributed by atoms with Crippen molar-refractivity contribution in [1.29, 1.82) is 0 Å². The van der Waals surface area contributed by atoms with Crippen LogP contribution in [0.5, 0.6) is 11.6 Å². The Balaban J connectivity index is 1.87. The van der Waals surface area contributed by atoms with Gasteiger partial charge in [-0.25, -0.2) is 4.99 Å². The zero-order chi connectivity index (χ0) is 17.2. The maximum absolute atomic E-state index is 6.02. The Kier molecular flexibility index (Phi) is 4.07.